The Morgan fingerprint density at radius 3 is 1.49 bits per heavy atom. The van der Waals surface area contributed by atoms with E-state index in [0.717, 1.165) is 11.3 Å². The maximum absolute atomic E-state index is 5.09. The van der Waals surface area contributed by atoms with Crippen LogP contribution in [0.15, 0.2) is 194 Å². The molecule has 0 saturated carbocycles. The molecule has 0 aliphatic heterocycles. The molecule has 12 aromatic rings. The van der Waals surface area contributed by atoms with Crippen molar-refractivity contribution in [3.63, 3.8) is 0 Å². The van der Waals surface area contributed by atoms with E-state index < -0.39 is 0 Å². The smallest absolute Gasteiger partial charge is 0.137 e. The maximum Gasteiger partial charge on any atom is 0.137 e. The number of imidazole rings is 1. The van der Waals surface area contributed by atoms with Crippen LogP contribution in [0.5, 0.6) is 0 Å². The first-order valence-corrected chi connectivity index (χ1v) is 19.0. The number of hydrogen-bond acceptors (Lipinski definition) is 1. The summed E-state index contributed by atoms with van der Waals surface area (Å²) in [4.78, 5) is 5.09. The number of hydrogen-bond donors (Lipinski definition) is 0. The first kappa shape index (κ1) is 30.2. The van der Waals surface area contributed by atoms with Gasteiger partial charge in [-0.2, -0.15) is 0 Å². The van der Waals surface area contributed by atoms with E-state index in [1.165, 1.54) is 103 Å². The second-order valence-corrected chi connectivity index (χ2v) is 14.7. The van der Waals surface area contributed by atoms with Gasteiger partial charge >= 0.3 is 0 Å². The molecule has 10 aromatic carbocycles. The van der Waals surface area contributed by atoms with E-state index in [9.17, 15) is 0 Å². The molecular weight excluding hydrogens is 665 g/mol. The Morgan fingerprint density at radius 1 is 0.327 bits per heavy atom. The van der Waals surface area contributed by atoms with Gasteiger partial charge in [-0.3, -0.25) is 0 Å². The molecular formula is C53H32N2. The normalized spacial score (nSPS) is 12.0. The summed E-state index contributed by atoms with van der Waals surface area (Å²) in [5.41, 5.74) is 7.96. The first-order chi connectivity index (χ1) is 27.3. The quantitative estimate of drug-likeness (QED) is 0.133. The van der Waals surface area contributed by atoms with Crippen LogP contribution in [0.1, 0.15) is 0 Å². The van der Waals surface area contributed by atoms with Gasteiger partial charge in [0.1, 0.15) is 5.65 Å². The van der Waals surface area contributed by atoms with E-state index in [2.05, 4.69) is 187 Å². The third kappa shape index (κ3) is 4.46. The lowest BCUT2D eigenvalue weighted by Crippen LogP contribution is -1.91. The van der Waals surface area contributed by atoms with E-state index >= 15 is 0 Å². The Bertz CT molecular complexity index is 3450. The van der Waals surface area contributed by atoms with Crippen LogP contribution in [-0.4, -0.2) is 9.38 Å². The summed E-state index contributed by atoms with van der Waals surface area (Å²) in [5.74, 6) is 0. The number of fused-ring (bicyclic) bond motifs is 8. The Balaban J connectivity index is 1.09. The van der Waals surface area contributed by atoms with Crippen molar-refractivity contribution < 1.29 is 0 Å². The van der Waals surface area contributed by atoms with Crippen molar-refractivity contribution in [2.75, 3.05) is 0 Å². The zero-order chi connectivity index (χ0) is 36.0. The van der Waals surface area contributed by atoms with Gasteiger partial charge in [-0.15, -0.1) is 0 Å². The summed E-state index contributed by atoms with van der Waals surface area (Å²) in [5, 5.41) is 17.7. The highest BCUT2D eigenvalue weighted by atomic mass is 15.0. The summed E-state index contributed by atoms with van der Waals surface area (Å²) in [6.07, 6.45) is 4.22. The third-order valence-corrected chi connectivity index (χ3v) is 11.7. The van der Waals surface area contributed by atoms with Gasteiger partial charge < -0.3 is 4.40 Å². The van der Waals surface area contributed by atoms with Crippen LogP contribution in [0.4, 0.5) is 0 Å². The van der Waals surface area contributed by atoms with Crippen molar-refractivity contribution in [2.24, 2.45) is 0 Å². The molecule has 0 radical (unpaired) electrons. The lowest BCUT2D eigenvalue weighted by molar-refractivity contribution is 1.19. The van der Waals surface area contributed by atoms with Crippen LogP contribution in [0.25, 0.3) is 115 Å². The summed E-state index contributed by atoms with van der Waals surface area (Å²) >= 11 is 0. The fourth-order valence-electron chi connectivity index (χ4n) is 9.35. The summed E-state index contributed by atoms with van der Waals surface area (Å²) in [6.45, 7) is 0. The monoisotopic (exact) mass is 696 g/mol. The van der Waals surface area contributed by atoms with Gasteiger partial charge in [-0.05, 0) is 122 Å². The SMILES string of the molecule is c1ccc2c(-c3cn4ccccc4n3)c3ccccc3c(-c3ccc(-c4cc5ccc6cccc7c8ccccc8c8ccccc8c(c4)c5c67)cc3)c2c1. The fourth-order valence-corrected chi connectivity index (χ4v) is 9.35. The standard InChI is InChI=1S/C53H32N2/c1-3-15-40-38(13-1)39-14-2-4-16-41(39)47-31-37(30-36-28-27-34-12-11-21-42(40)51(34)52(36)47)33-23-25-35(26-24-33)50-43-17-5-7-19-45(43)53(46-20-8-6-18-44(46)50)48-32-55-29-10-9-22-49(55)54-48/h1-32H. The van der Waals surface area contributed by atoms with Crippen LogP contribution in [-0.2, 0) is 0 Å². The van der Waals surface area contributed by atoms with E-state index in [4.69, 9.17) is 4.98 Å². The number of pyridine rings is 1. The van der Waals surface area contributed by atoms with Gasteiger partial charge in [0.2, 0.25) is 0 Å². The number of rotatable bonds is 3. The maximum atomic E-state index is 5.09. The molecule has 55 heavy (non-hydrogen) atoms. The minimum atomic E-state index is 0.946. The topological polar surface area (TPSA) is 17.3 Å². The van der Waals surface area contributed by atoms with Gasteiger partial charge in [0.25, 0.3) is 0 Å². The zero-order valence-electron chi connectivity index (χ0n) is 29.9. The molecule has 0 amide bonds. The largest absolute Gasteiger partial charge is 0.306 e. The lowest BCUT2D eigenvalue weighted by Gasteiger charge is -2.17. The molecule has 2 nitrogen and oxygen atoms in total. The van der Waals surface area contributed by atoms with E-state index in [1.54, 1.807) is 0 Å². The van der Waals surface area contributed by atoms with Gasteiger partial charge in [0.05, 0.1) is 5.69 Å². The van der Waals surface area contributed by atoms with Gasteiger partial charge in [0, 0.05) is 18.0 Å². The molecule has 2 heteroatoms. The predicted molar refractivity (Wildman–Crippen MR) is 234 cm³/mol. The van der Waals surface area contributed by atoms with Gasteiger partial charge in [0.15, 0.2) is 0 Å². The minimum absolute atomic E-state index is 0.946. The number of nitrogens with zero attached hydrogens (tertiary/aromatic N) is 2. The molecule has 0 aliphatic carbocycles. The average Bonchev–Trinajstić information content (AvgIpc) is 3.68. The van der Waals surface area contributed by atoms with E-state index in [0.29, 0.717) is 0 Å². The van der Waals surface area contributed by atoms with Crippen molar-refractivity contribution in [2.45, 2.75) is 0 Å². The Morgan fingerprint density at radius 2 is 0.836 bits per heavy atom. The second kappa shape index (κ2) is 11.6. The van der Waals surface area contributed by atoms with Crippen molar-refractivity contribution in [1.82, 2.24) is 9.38 Å². The molecule has 2 aromatic heterocycles. The third-order valence-electron chi connectivity index (χ3n) is 11.7. The summed E-state index contributed by atoms with van der Waals surface area (Å²) in [7, 11) is 0. The van der Waals surface area contributed by atoms with Crippen LogP contribution in [0.3, 0.4) is 0 Å². The molecule has 2 heterocycles. The summed E-state index contributed by atoms with van der Waals surface area (Å²) < 4.78 is 2.11. The number of benzene rings is 9. The highest BCUT2D eigenvalue weighted by Crippen LogP contribution is 2.45. The highest BCUT2D eigenvalue weighted by Gasteiger charge is 2.19. The van der Waals surface area contributed by atoms with Crippen molar-refractivity contribution in [3.8, 4) is 33.5 Å². The van der Waals surface area contributed by atoms with Crippen LogP contribution in [0.2, 0.25) is 0 Å². The minimum Gasteiger partial charge on any atom is -0.306 e. The fraction of sp³-hybridized carbons (Fsp3) is 0. The molecule has 0 atom stereocenters. The Hall–Kier alpha value is -7.29. The predicted octanol–water partition coefficient (Wildman–Crippen LogP) is 14.4. The number of aromatic nitrogens is 2. The van der Waals surface area contributed by atoms with E-state index in [1.807, 2.05) is 12.1 Å². The van der Waals surface area contributed by atoms with Crippen molar-refractivity contribution in [3.05, 3.63) is 194 Å². The lowest BCUT2D eigenvalue weighted by atomic mass is 9.86. The molecule has 0 fully saturated rings. The molecule has 0 unspecified atom stereocenters. The molecule has 0 bridgehead atoms. The first-order valence-electron chi connectivity index (χ1n) is 19.0. The zero-order valence-corrected chi connectivity index (χ0v) is 29.9. The Labute approximate surface area is 317 Å². The van der Waals surface area contributed by atoms with Crippen LogP contribution >= 0.6 is 0 Å². The highest BCUT2D eigenvalue weighted by molar-refractivity contribution is 6.33. The van der Waals surface area contributed by atoms with Crippen molar-refractivity contribution in [1.29, 1.82) is 0 Å². The molecule has 0 aliphatic rings. The molecule has 0 N–H and O–H groups in total. The van der Waals surface area contributed by atoms with Crippen LogP contribution < -0.4 is 0 Å². The van der Waals surface area contributed by atoms with Gasteiger partial charge in [-0.1, -0.05) is 158 Å². The van der Waals surface area contributed by atoms with Crippen molar-refractivity contribution >= 4 is 81.1 Å². The van der Waals surface area contributed by atoms with E-state index in [-0.39, 0.29) is 0 Å². The molecule has 0 saturated heterocycles. The molecule has 0 spiro atoms. The van der Waals surface area contributed by atoms with Crippen LogP contribution in [0, 0.1) is 0 Å². The Kier molecular flexibility index (Phi) is 6.37. The average molecular weight is 697 g/mol. The van der Waals surface area contributed by atoms with Gasteiger partial charge in [-0.25, -0.2) is 4.98 Å². The second-order valence-electron chi connectivity index (χ2n) is 14.7. The molecule has 12 rings (SSSR count). The molecule has 254 valence electrons. The summed E-state index contributed by atoms with van der Waals surface area (Å²) in [6, 6.07) is 66.9.